The molecule has 0 aromatic heterocycles. The maximum Gasteiger partial charge on any atom is 0.407 e. The molecular formula is C9H14N2O2. The smallest absolute Gasteiger partial charge is 0.407 e. The largest absolute Gasteiger partial charge is 0.444 e. The van der Waals surface area contributed by atoms with Crippen LogP contribution in [-0.2, 0) is 4.74 Å². The number of hydrogen-bond acceptors (Lipinski definition) is 3. The van der Waals surface area contributed by atoms with E-state index < -0.39 is 11.7 Å². The highest BCUT2D eigenvalue weighted by Gasteiger charge is 2.39. The third-order valence-electron chi connectivity index (χ3n) is 1.66. The summed E-state index contributed by atoms with van der Waals surface area (Å²) in [5, 5.41) is 11.1. The molecule has 1 rings (SSSR count). The lowest BCUT2D eigenvalue weighted by Crippen LogP contribution is -2.34. The number of ether oxygens (including phenoxy) is 1. The van der Waals surface area contributed by atoms with Gasteiger partial charge in [-0.25, -0.2) is 4.79 Å². The number of rotatable bonds is 1. The summed E-state index contributed by atoms with van der Waals surface area (Å²) in [6.45, 7) is 5.42. The van der Waals surface area contributed by atoms with Crippen molar-refractivity contribution in [3.05, 3.63) is 0 Å². The van der Waals surface area contributed by atoms with E-state index in [9.17, 15) is 4.79 Å². The molecule has 1 fully saturated rings. The number of hydrogen-bond donors (Lipinski definition) is 1. The molecule has 4 nitrogen and oxygen atoms in total. The van der Waals surface area contributed by atoms with E-state index in [2.05, 4.69) is 11.4 Å². The van der Waals surface area contributed by atoms with Gasteiger partial charge >= 0.3 is 6.09 Å². The zero-order chi connectivity index (χ0) is 10.1. The molecule has 1 aliphatic carbocycles. The first-order chi connectivity index (χ1) is 5.92. The Bertz CT molecular complexity index is 249. The number of nitrogens with one attached hydrogen (secondary N) is 1. The van der Waals surface area contributed by atoms with Crippen LogP contribution in [0.5, 0.6) is 0 Å². The van der Waals surface area contributed by atoms with Crippen molar-refractivity contribution in [1.29, 1.82) is 5.26 Å². The summed E-state index contributed by atoms with van der Waals surface area (Å²) in [4.78, 5) is 11.1. The topological polar surface area (TPSA) is 62.1 Å². The van der Waals surface area contributed by atoms with Gasteiger partial charge in [0.05, 0.1) is 12.0 Å². The first-order valence-electron chi connectivity index (χ1n) is 4.31. The van der Waals surface area contributed by atoms with Crippen LogP contribution in [0.15, 0.2) is 0 Å². The van der Waals surface area contributed by atoms with Crippen molar-refractivity contribution in [2.75, 3.05) is 0 Å². The van der Waals surface area contributed by atoms with Crippen LogP contribution >= 0.6 is 0 Å². The van der Waals surface area contributed by atoms with Crippen LogP contribution < -0.4 is 5.32 Å². The van der Waals surface area contributed by atoms with Gasteiger partial charge in [-0.3, -0.25) is 0 Å². The van der Waals surface area contributed by atoms with Gasteiger partial charge < -0.3 is 10.1 Å². The number of carbonyl (C=O) groups excluding carboxylic acids is 1. The van der Waals surface area contributed by atoms with Gasteiger partial charge in [-0.05, 0) is 27.2 Å². The fourth-order valence-corrected chi connectivity index (χ4v) is 0.956. The Morgan fingerprint density at radius 1 is 1.62 bits per heavy atom. The van der Waals surface area contributed by atoms with Crippen LogP contribution in [0, 0.1) is 17.2 Å². The van der Waals surface area contributed by atoms with Gasteiger partial charge in [-0.15, -0.1) is 0 Å². The second kappa shape index (κ2) is 3.25. The molecule has 72 valence electrons. The molecule has 2 atom stereocenters. The van der Waals surface area contributed by atoms with Gasteiger partial charge in [-0.1, -0.05) is 0 Å². The maximum atomic E-state index is 11.1. The van der Waals surface area contributed by atoms with Crippen molar-refractivity contribution in [2.45, 2.75) is 38.8 Å². The van der Waals surface area contributed by atoms with E-state index in [1.54, 1.807) is 20.8 Å². The number of nitrogens with zero attached hydrogens (tertiary/aromatic N) is 1. The van der Waals surface area contributed by atoms with Gasteiger partial charge in [0.15, 0.2) is 0 Å². The first-order valence-corrected chi connectivity index (χ1v) is 4.31. The van der Waals surface area contributed by atoms with E-state index in [1.807, 2.05) is 0 Å². The summed E-state index contributed by atoms with van der Waals surface area (Å²) < 4.78 is 5.02. The number of alkyl carbamates (subject to hydrolysis) is 1. The minimum Gasteiger partial charge on any atom is -0.444 e. The maximum absolute atomic E-state index is 11.1. The lowest BCUT2D eigenvalue weighted by molar-refractivity contribution is 0.0522. The average Bonchev–Trinajstić information content (AvgIpc) is 2.62. The van der Waals surface area contributed by atoms with E-state index in [0.717, 1.165) is 6.42 Å². The molecule has 13 heavy (non-hydrogen) atoms. The molecule has 1 saturated carbocycles. The van der Waals surface area contributed by atoms with Crippen LogP contribution in [0.2, 0.25) is 0 Å². The molecule has 0 aliphatic heterocycles. The number of amides is 1. The Morgan fingerprint density at radius 3 is 2.62 bits per heavy atom. The van der Waals surface area contributed by atoms with Crippen molar-refractivity contribution in [1.82, 2.24) is 5.32 Å². The molecule has 0 bridgehead atoms. The average molecular weight is 182 g/mol. The zero-order valence-corrected chi connectivity index (χ0v) is 8.13. The highest BCUT2D eigenvalue weighted by atomic mass is 16.6. The first kappa shape index (κ1) is 9.85. The van der Waals surface area contributed by atoms with Crippen LogP contribution in [0.3, 0.4) is 0 Å². The molecule has 0 saturated heterocycles. The quantitative estimate of drug-likeness (QED) is 0.667. The number of carbonyl (C=O) groups is 1. The molecule has 1 amide bonds. The van der Waals surface area contributed by atoms with Crippen LogP contribution in [0.1, 0.15) is 27.2 Å². The summed E-state index contributed by atoms with van der Waals surface area (Å²) in [6.07, 6.45) is 0.311. The molecule has 0 unspecified atom stereocenters. The van der Waals surface area contributed by atoms with Crippen LogP contribution in [-0.4, -0.2) is 17.7 Å². The van der Waals surface area contributed by atoms with Crippen molar-refractivity contribution in [3.63, 3.8) is 0 Å². The molecule has 1 aliphatic rings. The Labute approximate surface area is 77.9 Å². The fraction of sp³-hybridized carbons (Fsp3) is 0.778. The minimum atomic E-state index is -0.471. The molecule has 0 radical (unpaired) electrons. The lowest BCUT2D eigenvalue weighted by Gasteiger charge is -2.19. The zero-order valence-electron chi connectivity index (χ0n) is 8.13. The molecule has 4 heteroatoms. The Kier molecular flexibility index (Phi) is 2.46. The molecule has 0 spiro atoms. The molecule has 1 N–H and O–H groups in total. The predicted octanol–water partition coefficient (Wildman–Crippen LogP) is 1.42. The highest BCUT2D eigenvalue weighted by Crippen LogP contribution is 2.29. The minimum absolute atomic E-state index is 0.000139. The van der Waals surface area contributed by atoms with Gasteiger partial charge in [0.25, 0.3) is 0 Å². The lowest BCUT2D eigenvalue weighted by atomic mass is 10.2. The second-order valence-electron chi connectivity index (χ2n) is 4.22. The van der Waals surface area contributed by atoms with Gasteiger partial charge in [0.2, 0.25) is 0 Å². The fourth-order valence-electron chi connectivity index (χ4n) is 0.956. The van der Waals surface area contributed by atoms with Crippen molar-refractivity contribution in [3.8, 4) is 6.07 Å². The second-order valence-corrected chi connectivity index (χ2v) is 4.22. The molecular weight excluding hydrogens is 168 g/mol. The molecule has 0 aromatic carbocycles. The third-order valence-corrected chi connectivity index (χ3v) is 1.66. The van der Waals surface area contributed by atoms with Gasteiger partial charge in [-0.2, -0.15) is 5.26 Å². The predicted molar refractivity (Wildman–Crippen MR) is 46.9 cm³/mol. The summed E-state index contributed by atoms with van der Waals surface area (Å²) in [5.74, 6) is -0.0208. The van der Waals surface area contributed by atoms with Crippen molar-refractivity contribution >= 4 is 6.09 Å². The van der Waals surface area contributed by atoms with E-state index in [1.165, 1.54) is 0 Å². The summed E-state index contributed by atoms with van der Waals surface area (Å²) in [5.41, 5.74) is -0.471. The van der Waals surface area contributed by atoms with E-state index in [0.29, 0.717) is 0 Å². The molecule has 0 aromatic rings. The SMILES string of the molecule is CC(C)(C)OC(=O)N[C@H]1C[C@H]1C#N. The van der Waals surface area contributed by atoms with Crippen molar-refractivity contribution in [2.24, 2.45) is 5.92 Å². The van der Waals surface area contributed by atoms with Crippen LogP contribution in [0.25, 0.3) is 0 Å². The highest BCUT2D eigenvalue weighted by molar-refractivity contribution is 5.68. The Morgan fingerprint density at radius 2 is 2.23 bits per heavy atom. The van der Waals surface area contributed by atoms with Gasteiger partial charge in [0.1, 0.15) is 5.60 Å². The van der Waals surface area contributed by atoms with E-state index >= 15 is 0 Å². The number of nitriles is 1. The summed E-state index contributed by atoms with van der Waals surface area (Å²) in [7, 11) is 0. The summed E-state index contributed by atoms with van der Waals surface area (Å²) >= 11 is 0. The standard InChI is InChI=1S/C9H14N2O2/c1-9(2,3)13-8(12)11-7-4-6(7)5-10/h6-7H,4H2,1-3H3,(H,11,12)/t6-,7-/m0/s1. The van der Waals surface area contributed by atoms with E-state index in [-0.39, 0.29) is 12.0 Å². The third kappa shape index (κ3) is 3.32. The molecule has 0 heterocycles. The normalized spacial score (nSPS) is 26.0. The van der Waals surface area contributed by atoms with Crippen molar-refractivity contribution < 1.29 is 9.53 Å². The summed E-state index contributed by atoms with van der Waals surface area (Å²) in [6, 6.07) is 2.09. The van der Waals surface area contributed by atoms with Gasteiger partial charge in [0, 0.05) is 6.04 Å². The Hall–Kier alpha value is -1.24. The monoisotopic (exact) mass is 182 g/mol. The Balaban J connectivity index is 2.25. The van der Waals surface area contributed by atoms with Crippen LogP contribution in [0.4, 0.5) is 4.79 Å². The van der Waals surface area contributed by atoms with E-state index in [4.69, 9.17) is 10.00 Å².